The Balaban J connectivity index is 1.61. The summed E-state index contributed by atoms with van der Waals surface area (Å²) in [7, 11) is -2.24. The lowest BCUT2D eigenvalue weighted by molar-refractivity contribution is 0.322. The van der Waals surface area contributed by atoms with E-state index in [9.17, 15) is 12.8 Å². The van der Waals surface area contributed by atoms with Crippen molar-refractivity contribution in [3.8, 4) is 0 Å². The molecular weight excluding hydrogens is 445 g/mol. The van der Waals surface area contributed by atoms with Crippen LogP contribution < -0.4 is 10.0 Å². The Morgan fingerprint density at radius 2 is 1.93 bits per heavy atom. The Morgan fingerprint density at radius 3 is 2.57 bits per heavy atom. The van der Waals surface area contributed by atoms with Gasteiger partial charge >= 0.3 is 0 Å². The summed E-state index contributed by atoms with van der Waals surface area (Å²) in [6, 6.07) is 2.81. The lowest BCUT2D eigenvalue weighted by atomic mass is 10.1. The standard InChI is InChI=1S/C19H22FN5O2S3/c1-24(16-2-3-25(8-16)7-15-10-29-12-23-15)18-6-17(20)19(30(21,26)27)5-13(18)4-14-9-28-11-22-14/h5-6,9-12,16H,2-4,7-8H2,1H3,(H2,21,26,27)/t16-/m0/s1. The molecule has 0 bridgehead atoms. The van der Waals surface area contributed by atoms with E-state index in [1.165, 1.54) is 23.5 Å². The highest BCUT2D eigenvalue weighted by molar-refractivity contribution is 7.89. The van der Waals surface area contributed by atoms with Gasteiger partial charge in [0.15, 0.2) is 0 Å². The number of sulfonamides is 1. The minimum atomic E-state index is -4.16. The van der Waals surface area contributed by atoms with Crippen LogP contribution in [-0.4, -0.2) is 49.5 Å². The summed E-state index contributed by atoms with van der Waals surface area (Å²) in [5.74, 6) is -0.835. The Kier molecular flexibility index (Phi) is 6.16. The van der Waals surface area contributed by atoms with Gasteiger partial charge in [-0.1, -0.05) is 0 Å². The number of anilines is 1. The predicted molar refractivity (Wildman–Crippen MR) is 117 cm³/mol. The van der Waals surface area contributed by atoms with Crippen LogP contribution in [0.15, 0.2) is 38.8 Å². The number of benzene rings is 1. The van der Waals surface area contributed by atoms with Crippen molar-refractivity contribution in [3.05, 3.63) is 56.7 Å². The number of primary sulfonamides is 1. The minimum Gasteiger partial charge on any atom is -0.370 e. The highest BCUT2D eigenvalue weighted by atomic mass is 32.2. The molecule has 160 valence electrons. The number of nitrogens with zero attached hydrogens (tertiary/aromatic N) is 4. The second-order valence-corrected chi connectivity index (χ2v) is 10.3. The summed E-state index contributed by atoms with van der Waals surface area (Å²) in [6.45, 7) is 2.53. The van der Waals surface area contributed by atoms with Crippen LogP contribution in [0.1, 0.15) is 23.4 Å². The lowest BCUT2D eigenvalue weighted by Gasteiger charge is -2.29. The maximum atomic E-state index is 14.7. The number of hydrogen-bond donors (Lipinski definition) is 1. The molecule has 1 aromatic carbocycles. The smallest absolute Gasteiger partial charge is 0.240 e. The Hall–Kier alpha value is -1.92. The average Bonchev–Trinajstić information content (AvgIpc) is 3.45. The first-order valence-corrected chi connectivity index (χ1v) is 12.8. The molecule has 30 heavy (non-hydrogen) atoms. The van der Waals surface area contributed by atoms with Gasteiger partial charge in [-0.25, -0.2) is 27.9 Å². The number of halogens is 1. The number of likely N-dealkylation sites (N-methyl/N-ethyl adjacent to an activating group) is 1. The molecule has 4 rings (SSSR count). The average molecular weight is 468 g/mol. The monoisotopic (exact) mass is 467 g/mol. The SMILES string of the molecule is CN(c1cc(F)c(S(N)(=O)=O)cc1Cc1cscn1)[C@H]1CCN(Cc2cscn2)C1. The molecule has 3 heterocycles. The van der Waals surface area contributed by atoms with Gasteiger partial charge in [-0.05, 0) is 24.1 Å². The summed E-state index contributed by atoms with van der Waals surface area (Å²) in [4.78, 5) is 12.5. The predicted octanol–water partition coefficient (Wildman–Crippen LogP) is 2.69. The van der Waals surface area contributed by atoms with Gasteiger partial charge in [0.05, 0.1) is 22.4 Å². The van der Waals surface area contributed by atoms with Gasteiger partial charge in [-0.15, -0.1) is 22.7 Å². The van der Waals surface area contributed by atoms with Crippen molar-refractivity contribution in [3.63, 3.8) is 0 Å². The van der Waals surface area contributed by atoms with Crippen molar-refractivity contribution in [1.29, 1.82) is 0 Å². The summed E-state index contributed by atoms with van der Waals surface area (Å²) < 4.78 is 38.3. The third-order valence-corrected chi connectivity index (χ3v) is 7.54. The van der Waals surface area contributed by atoms with Crippen LogP contribution in [0, 0.1) is 5.82 Å². The molecule has 0 spiro atoms. The first-order valence-electron chi connectivity index (χ1n) is 9.36. The Morgan fingerprint density at radius 1 is 1.23 bits per heavy atom. The summed E-state index contributed by atoms with van der Waals surface area (Å²) in [6.07, 6.45) is 1.33. The third-order valence-electron chi connectivity index (χ3n) is 5.34. The lowest BCUT2D eigenvalue weighted by Crippen LogP contribution is -2.35. The molecule has 1 fully saturated rings. The quantitative estimate of drug-likeness (QED) is 0.574. The Bertz CT molecular complexity index is 1100. The number of nitrogens with two attached hydrogens (primary N) is 1. The fourth-order valence-corrected chi connectivity index (χ4v) is 5.55. The summed E-state index contributed by atoms with van der Waals surface area (Å²) >= 11 is 3.04. The largest absolute Gasteiger partial charge is 0.370 e. The van der Waals surface area contributed by atoms with Crippen molar-refractivity contribution >= 4 is 38.4 Å². The van der Waals surface area contributed by atoms with Gasteiger partial charge in [0.2, 0.25) is 10.0 Å². The van der Waals surface area contributed by atoms with Gasteiger partial charge in [0.25, 0.3) is 0 Å². The topological polar surface area (TPSA) is 92.4 Å². The summed E-state index contributed by atoms with van der Waals surface area (Å²) in [5, 5.41) is 9.17. The van der Waals surface area contributed by atoms with Crippen molar-refractivity contribution in [2.75, 3.05) is 25.0 Å². The fourth-order valence-electron chi connectivity index (χ4n) is 3.81. The molecule has 7 nitrogen and oxygen atoms in total. The second kappa shape index (κ2) is 8.67. The van der Waals surface area contributed by atoms with Crippen LogP contribution in [0.4, 0.5) is 10.1 Å². The van der Waals surface area contributed by atoms with Gasteiger partial charge < -0.3 is 4.90 Å². The van der Waals surface area contributed by atoms with E-state index < -0.39 is 20.7 Å². The van der Waals surface area contributed by atoms with E-state index in [0.717, 1.165) is 37.4 Å². The molecule has 2 aromatic heterocycles. The maximum Gasteiger partial charge on any atom is 0.240 e. The van der Waals surface area contributed by atoms with Crippen LogP contribution in [0.5, 0.6) is 0 Å². The molecule has 1 aliphatic heterocycles. The molecule has 1 aliphatic rings. The molecule has 11 heteroatoms. The first-order chi connectivity index (χ1) is 14.3. The van der Waals surface area contributed by atoms with Crippen LogP contribution in [0.3, 0.4) is 0 Å². The van der Waals surface area contributed by atoms with Crippen LogP contribution in [0.25, 0.3) is 0 Å². The number of thiazole rings is 2. The number of rotatable bonds is 7. The number of likely N-dealkylation sites (tertiary alicyclic amines) is 1. The number of aromatic nitrogens is 2. The number of hydrogen-bond acceptors (Lipinski definition) is 8. The van der Waals surface area contributed by atoms with E-state index in [0.29, 0.717) is 17.7 Å². The van der Waals surface area contributed by atoms with Crippen molar-refractivity contribution in [2.24, 2.45) is 5.14 Å². The molecular formula is C19H22FN5O2S3. The van der Waals surface area contributed by atoms with Crippen LogP contribution >= 0.6 is 22.7 Å². The molecule has 0 radical (unpaired) electrons. The molecule has 0 aliphatic carbocycles. The van der Waals surface area contributed by atoms with Gasteiger partial charge in [0.1, 0.15) is 10.7 Å². The molecule has 0 saturated carbocycles. The van der Waals surface area contributed by atoms with Gasteiger partial charge in [-0.3, -0.25) is 4.90 Å². The highest BCUT2D eigenvalue weighted by Gasteiger charge is 2.29. The maximum absolute atomic E-state index is 14.7. The van der Waals surface area contributed by atoms with Crippen molar-refractivity contribution < 1.29 is 12.8 Å². The molecule has 1 saturated heterocycles. The summed E-state index contributed by atoms with van der Waals surface area (Å²) in [5.41, 5.74) is 6.75. The van der Waals surface area contributed by atoms with E-state index in [1.54, 1.807) is 16.8 Å². The fraction of sp³-hybridized carbons (Fsp3) is 0.368. The molecule has 0 amide bonds. The highest BCUT2D eigenvalue weighted by Crippen LogP contribution is 2.31. The minimum absolute atomic E-state index is 0.178. The van der Waals surface area contributed by atoms with Gasteiger partial charge in [0, 0.05) is 55.6 Å². The van der Waals surface area contributed by atoms with Crippen LogP contribution in [-0.2, 0) is 23.0 Å². The van der Waals surface area contributed by atoms with E-state index in [-0.39, 0.29) is 6.04 Å². The molecule has 2 N–H and O–H groups in total. The third kappa shape index (κ3) is 4.70. The van der Waals surface area contributed by atoms with E-state index >= 15 is 0 Å². The van der Waals surface area contributed by atoms with E-state index in [2.05, 4.69) is 14.9 Å². The normalized spacial score (nSPS) is 17.5. The molecule has 1 atom stereocenters. The van der Waals surface area contributed by atoms with Crippen LogP contribution in [0.2, 0.25) is 0 Å². The zero-order valence-electron chi connectivity index (χ0n) is 16.4. The zero-order chi connectivity index (χ0) is 21.3. The first kappa shape index (κ1) is 21.3. The molecule has 3 aromatic rings. The van der Waals surface area contributed by atoms with E-state index in [4.69, 9.17) is 5.14 Å². The van der Waals surface area contributed by atoms with Crippen molar-refractivity contribution in [2.45, 2.75) is 30.3 Å². The molecule has 0 unspecified atom stereocenters. The van der Waals surface area contributed by atoms with E-state index in [1.807, 2.05) is 28.2 Å². The zero-order valence-corrected chi connectivity index (χ0v) is 18.8. The van der Waals surface area contributed by atoms with Crippen molar-refractivity contribution in [1.82, 2.24) is 14.9 Å². The second-order valence-electron chi connectivity index (χ2n) is 7.38. The van der Waals surface area contributed by atoms with Gasteiger partial charge in [-0.2, -0.15) is 0 Å². The Labute approximate surface area is 183 Å².